The van der Waals surface area contributed by atoms with Crippen LogP contribution in [0.1, 0.15) is 17.2 Å². The van der Waals surface area contributed by atoms with Gasteiger partial charge in [0, 0.05) is 27.9 Å². The molecular weight excluding hydrogens is 468 g/mol. The molecule has 8 heteroatoms. The summed E-state index contributed by atoms with van der Waals surface area (Å²) in [6, 6.07) is 21.3. The summed E-state index contributed by atoms with van der Waals surface area (Å²) < 4.78 is 10.1. The van der Waals surface area contributed by atoms with Crippen LogP contribution in [0.5, 0.6) is 5.75 Å². The molecule has 1 aliphatic heterocycles. The van der Waals surface area contributed by atoms with Gasteiger partial charge in [0.05, 0.1) is 18.7 Å². The Labute approximate surface area is 205 Å². The zero-order valence-corrected chi connectivity index (χ0v) is 19.3. The van der Waals surface area contributed by atoms with Gasteiger partial charge in [-0.3, -0.25) is 14.5 Å². The first kappa shape index (κ1) is 22.4. The number of ketones is 1. The Morgan fingerprint density at radius 1 is 0.971 bits per heavy atom. The van der Waals surface area contributed by atoms with Crippen LogP contribution in [0.15, 0.2) is 95.2 Å². The summed E-state index contributed by atoms with van der Waals surface area (Å²) in [5.41, 5.74) is 2.94. The van der Waals surface area contributed by atoms with E-state index in [2.05, 4.69) is 5.16 Å². The van der Waals surface area contributed by atoms with E-state index in [4.69, 9.17) is 20.9 Å². The monoisotopic (exact) mass is 486 g/mol. The van der Waals surface area contributed by atoms with E-state index in [1.807, 2.05) is 0 Å². The lowest BCUT2D eigenvalue weighted by atomic mass is 9.95. The molecule has 0 bridgehead atoms. The third-order valence-corrected chi connectivity index (χ3v) is 6.12. The van der Waals surface area contributed by atoms with Gasteiger partial charge in [-0.25, -0.2) is 0 Å². The highest BCUT2D eigenvalue weighted by Gasteiger charge is 2.47. The Bertz CT molecular complexity index is 1410. The molecule has 1 N–H and O–H groups in total. The standard InChI is InChI=1S/C27H19ClN2O5/c1-34-21-12-6-18(7-13-21)25(31)23-24(17-2-8-19(28)9-3-17)30(27(33)26(23)32)20-10-4-16(5-11-20)22-14-15-35-29-22/h2-15,24,31H,1H3/b25-23-. The molecular formula is C27H19ClN2O5. The largest absolute Gasteiger partial charge is 0.507 e. The maximum Gasteiger partial charge on any atom is 0.300 e. The Hall–Kier alpha value is -4.36. The van der Waals surface area contributed by atoms with Crippen LogP contribution >= 0.6 is 11.6 Å². The van der Waals surface area contributed by atoms with Crippen molar-refractivity contribution in [3.05, 3.63) is 107 Å². The van der Waals surface area contributed by atoms with E-state index in [-0.39, 0.29) is 11.3 Å². The van der Waals surface area contributed by atoms with E-state index in [0.717, 1.165) is 5.56 Å². The second kappa shape index (κ2) is 9.12. The molecule has 1 saturated heterocycles. The number of ether oxygens (including phenoxy) is 1. The minimum Gasteiger partial charge on any atom is -0.507 e. The van der Waals surface area contributed by atoms with Gasteiger partial charge in [0.1, 0.15) is 23.5 Å². The number of nitrogens with zero attached hydrogens (tertiary/aromatic N) is 2. The van der Waals surface area contributed by atoms with E-state index in [1.165, 1.54) is 18.3 Å². The molecule has 3 aromatic carbocycles. The average Bonchev–Trinajstić information content (AvgIpc) is 3.52. The van der Waals surface area contributed by atoms with Crippen LogP contribution in [0.3, 0.4) is 0 Å². The quantitative estimate of drug-likeness (QED) is 0.223. The first-order valence-corrected chi connectivity index (χ1v) is 11.1. The fourth-order valence-electron chi connectivity index (χ4n) is 4.12. The maximum atomic E-state index is 13.3. The summed E-state index contributed by atoms with van der Waals surface area (Å²) in [5, 5.41) is 15.6. The number of aliphatic hydroxyl groups is 1. The molecule has 0 saturated carbocycles. The predicted molar refractivity (Wildman–Crippen MR) is 131 cm³/mol. The number of halogens is 1. The Kier molecular flexibility index (Phi) is 5.84. The number of aromatic nitrogens is 1. The number of carbonyl (C=O) groups is 2. The number of methoxy groups -OCH3 is 1. The van der Waals surface area contributed by atoms with Crippen LogP contribution in [0.4, 0.5) is 5.69 Å². The molecule has 174 valence electrons. The zero-order chi connectivity index (χ0) is 24.5. The van der Waals surface area contributed by atoms with Gasteiger partial charge in [-0.2, -0.15) is 0 Å². The summed E-state index contributed by atoms with van der Waals surface area (Å²) >= 11 is 6.08. The second-order valence-corrected chi connectivity index (χ2v) is 8.32. The highest BCUT2D eigenvalue weighted by Crippen LogP contribution is 2.42. The number of carbonyl (C=O) groups excluding carboxylic acids is 2. The van der Waals surface area contributed by atoms with Crippen molar-refractivity contribution in [3.8, 4) is 17.0 Å². The molecule has 7 nitrogen and oxygen atoms in total. The summed E-state index contributed by atoms with van der Waals surface area (Å²) in [6.45, 7) is 0. The normalized spacial score (nSPS) is 17.1. The molecule has 0 spiro atoms. The zero-order valence-electron chi connectivity index (χ0n) is 18.5. The summed E-state index contributed by atoms with van der Waals surface area (Å²) in [6.07, 6.45) is 1.47. The summed E-state index contributed by atoms with van der Waals surface area (Å²) in [4.78, 5) is 27.9. The molecule has 0 aliphatic carbocycles. The molecule has 1 unspecified atom stereocenters. The lowest BCUT2D eigenvalue weighted by Gasteiger charge is -2.25. The maximum absolute atomic E-state index is 13.3. The van der Waals surface area contributed by atoms with Crippen molar-refractivity contribution in [2.24, 2.45) is 0 Å². The number of amides is 1. The minimum atomic E-state index is -0.854. The van der Waals surface area contributed by atoms with Crippen molar-refractivity contribution >= 4 is 34.7 Å². The summed E-state index contributed by atoms with van der Waals surface area (Å²) in [7, 11) is 1.54. The molecule has 35 heavy (non-hydrogen) atoms. The fourth-order valence-corrected chi connectivity index (χ4v) is 4.24. The molecule has 1 aromatic heterocycles. The van der Waals surface area contributed by atoms with E-state index in [9.17, 15) is 14.7 Å². The third kappa shape index (κ3) is 4.06. The molecule has 1 amide bonds. The van der Waals surface area contributed by atoms with Crippen molar-refractivity contribution in [3.63, 3.8) is 0 Å². The SMILES string of the molecule is COc1ccc(/C(O)=C2/C(=O)C(=O)N(c3ccc(-c4ccon4)cc3)C2c2ccc(Cl)cc2)cc1. The van der Waals surface area contributed by atoms with Gasteiger partial charge in [-0.1, -0.05) is 41.0 Å². The first-order chi connectivity index (χ1) is 17.0. The van der Waals surface area contributed by atoms with Crippen LogP contribution in [0.25, 0.3) is 17.0 Å². The van der Waals surface area contributed by atoms with E-state index in [1.54, 1.807) is 78.9 Å². The molecule has 0 radical (unpaired) electrons. The number of hydrogen-bond acceptors (Lipinski definition) is 6. The van der Waals surface area contributed by atoms with Gasteiger partial charge in [0.2, 0.25) is 0 Å². The van der Waals surface area contributed by atoms with Crippen LogP contribution in [0.2, 0.25) is 5.02 Å². The van der Waals surface area contributed by atoms with Gasteiger partial charge in [-0.05, 0) is 54.1 Å². The minimum absolute atomic E-state index is 0.0110. The first-order valence-electron chi connectivity index (χ1n) is 10.7. The predicted octanol–water partition coefficient (Wildman–Crippen LogP) is 5.63. The van der Waals surface area contributed by atoms with E-state index >= 15 is 0 Å². The Balaban J connectivity index is 1.64. The van der Waals surface area contributed by atoms with Crippen molar-refractivity contribution in [2.75, 3.05) is 12.0 Å². The smallest absolute Gasteiger partial charge is 0.300 e. The van der Waals surface area contributed by atoms with Crippen LogP contribution in [0, 0.1) is 0 Å². The molecule has 1 atom stereocenters. The number of hydrogen-bond donors (Lipinski definition) is 1. The number of benzene rings is 3. The number of Topliss-reactive ketones (excluding diaryl/α,β-unsaturated/α-hetero) is 1. The second-order valence-electron chi connectivity index (χ2n) is 7.88. The molecule has 1 aliphatic rings. The molecule has 1 fully saturated rings. The number of rotatable bonds is 5. The van der Waals surface area contributed by atoms with E-state index in [0.29, 0.717) is 33.3 Å². The molecule has 5 rings (SSSR count). The fraction of sp³-hybridized carbons (Fsp3) is 0.0741. The number of anilines is 1. The molecule has 2 heterocycles. The van der Waals surface area contributed by atoms with Gasteiger partial charge in [0.25, 0.3) is 11.7 Å². The van der Waals surface area contributed by atoms with Gasteiger partial charge in [0.15, 0.2) is 0 Å². The van der Waals surface area contributed by atoms with Crippen molar-refractivity contribution < 1.29 is 24.0 Å². The Morgan fingerprint density at radius 2 is 1.66 bits per heavy atom. The third-order valence-electron chi connectivity index (χ3n) is 5.87. The highest BCUT2D eigenvalue weighted by molar-refractivity contribution is 6.51. The highest BCUT2D eigenvalue weighted by atomic mass is 35.5. The van der Waals surface area contributed by atoms with Crippen LogP contribution in [-0.2, 0) is 9.59 Å². The van der Waals surface area contributed by atoms with Crippen LogP contribution < -0.4 is 9.64 Å². The topological polar surface area (TPSA) is 92.9 Å². The molecule has 4 aromatic rings. The van der Waals surface area contributed by atoms with Crippen molar-refractivity contribution in [1.29, 1.82) is 0 Å². The van der Waals surface area contributed by atoms with Gasteiger partial charge >= 0.3 is 0 Å². The lowest BCUT2D eigenvalue weighted by molar-refractivity contribution is -0.132. The van der Waals surface area contributed by atoms with E-state index < -0.39 is 17.7 Å². The Morgan fingerprint density at radius 3 is 2.26 bits per heavy atom. The summed E-state index contributed by atoms with van der Waals surface area (Å²) in [5.74, 6) is -1.19. The van der Waals surface area contributed by atoms with Crippen molar-refractivity contribution in [1.82, 2.24) is 5.16 Å². The van der Waals surface area contributed by atoms with Crippen molar-refractivity contribution in [2.45, 2.75) is 6.04 Å². The number of aliphatic hydroxyl groups excluding tert-OH is 1. The lowest BCUT2D eigenvalue weighted by Crippen LogP contribution is -2.29. The van der Waals surface area contributed by atoms with Crippen LogP contribution in [-0.4, -0.2) is 29.1 Å². The van der Waals surface area contributed by atoms with Gasteiger partial charge < -0.3 is 14.4 Å². The van der Waals surface area contributed by atoms with Gasteiger partial charge in [-0.15, -0.1) is 0 Å². The average molecular weight is 487 g/mol.